The Morgan fingerprint density at radius 2 is 2.00 bits per heavy atom. The number of ether oxygens (including phenoxy) is 1. The maximum absolute atomic E-state index is 11.5. The van der Waals surface area contributed by atoms with Gasteiger partial charge in [0, 0.05) is 5.57 Å². The van der Waals surface area contributed by atoms with E-state index in [2.05, 4.69) is 6.58 Å². The summed E-state index contributed by atoms with van der Waals surface area (Å²) >= 11 is 0. The molecule has 0 aromatic heterocycles. The van der Waals surface area contributed by atoms with Gasteiger partial charge < -0.3 is 4.74 Å². The summed E-state index contributed by atoms with van der Waals surface area (Å²) in [4.78, 5) is 11.5. The molecule has 0 bridgehead atoms. The fraction of sp³-hybridized carbons (Fsp3) is 0.750. The first kappa shape index (κ1) is 11.3. The molecule has 0 amide bonds. The molecule has 0 heterocycles. The summed E-state index contributed by atoms with van der Waals surface area (Å²) in [6, 6.07) is 0. The van der Waals surface area contributed by atoms with Gasteiger partial charge >= 0.3 is 5.97 Å². The lowest BCUT2D eigenvalue weighted by atomic mass is 9.98. The van der Waals surface area contributed by atoms with Gasteiger partial charge in [0.25, 0.3) is 0 Å². The van der Waals surface area contributed by atoms with Crippen LogP contribution in [0, 0.1) is 0 Å². The Balaban J connectivity index is 2.28. The quantitative estimate of drug-likeness (QED) is 0.509. The highest BCUT2D eigenvalue weighted by Gasteiger charge is 2.18. The molecule has 1 saturated carbocycles. The molecule has 0 unspecified atom stereocenters. The van der Waals surface area contributed by atoms with Gasteiger partial charge in [0.05, 0.1) is 0 Å². The van der Waals surface area contributed by atoms with Crippen LogP contribution in [-0.4, -0.2) is 12.1 Å². The zero-order valence-electron chi connectivity index (χ0n) is 9.05. The third-order valence-electron chi connectivity index (χ3n) is 2.67. The van der Waals surface area contributed by atoms with Crippen molar-refractivity contribution in [3.63, 3.8) is 0 Å². The third-order valence-corrected chi connectivity index (χ3v) is 2.67. The number of hydrogen-bond acceptors (Lipinski definition) is 2. The van der Waals surface area contributed by atoms with Crippen LogP contribution in [0.25, 0.3) is 0 Å². The van der Waals surface area contributed by atoms with Crippen molar-refractivity contribution in [3.8, 4) is 0 Å². The number of esters is 1. The van der Waals surface area contributed by atoms with Crippen LogP contribution < -0.4 is 0 Å². The molecule has 0 aromatic carbocycles. The molecule has 1 aliphatic carbocycles. The summed E-state index contributed by atoms with van der Waals surface area (Å²) in [5.74, 6) is -0.182. The van der Waals surface area contributed by atoms with Crippen molar-refractivity contribution in [2.24, 2.45) is 0 Å². The molecule has 14 heavy (non-hydrogen) atoms. The lowest BCUT2D eigenvalue weighted by molar-refractivity contribution is -0.145. The Bertz CT molecular complexity index is 202. The maximum Gasteiger partial charge on any atom is 0.333 e. The SMILES string of the molecule is C=C(CCC)C(=O)OC1CCCCC1. The fourth-order valence-electron chi connectivity index (χ4n) is 1.82. The summed E-state index contributed by atoms with van der Waals surface area (Å²) < 4.78 is 5.37. The first-order chi connectivity index (χ1) is 6.74. The molecule has 1 rings (SSSR count). The first-order valence-electron chi connectivity index (χ1n) is 5.62. The molecule has 1 aliphatic rings. The minimum atomic E-state index is -0.182. The number of carbonyl (C=O) groups is 1. The Morgan fingerprint density at radius 1 is 1.36 bits per heavy atom. The van der Waals surface area contributed by atoms with Gasteiger partial charge in [0.2, 0.25) is 0 Å². The molecule has 0 atom stereocenters. The molecule has 2 heteroatoms. The summed E-state index contributed by atoms with van der Waals surface area (Å²) in [6.45, 7) is 5.78. The minimum Gasteiger partial charge on any atom is -0.459 e. The molecule has 0 aromatic rings. The Kier molecular flexibility index (Phi) is 4.71. The van der Waals surface area contributed by atoms with E-state index < -0.39 is 0 Å². The van der Waals surface area contributed by atoms with Crippen molar-refractivity contribution in [1.82, 2.24) is 0 Å². The Labute approximate surface area is 86.3 Å². The van der Waals surface area contributed by atoms with Crippen molar-refractivity contribution in [2.45, 2.75) is 58.0 Å². The molecular formula is C12H20O2. The fourth-order valence-corrected chi connectivity index (χ4v) is 1.82. The zero-order valence-corrected chi connectivity index (χ0v) is 9.05. The van der Waals surface area contributed by atoms with Crippen molar-refractivity contribution in [3.05, 3.63) is 12.2 Å². The monoisotopic (exact) mass is 196 g/mol. The number of hydrogen-bond donors (Lipinski definition) is 0. The Morgan fingerprint density at radius 3 is 2.57 bits per heavy atom. The molecule has 0 N–H and O–H groups in total. The normalized spacial score (nSPS) is 17.8. The van der Waals surface area contributed by atoms with Crippen LogP contribution in [0.3, 0.4) is 0 Å². The molecule has 0 spiro atoms. The van der Waals surface area contributed by atoms with Crippen LogP contribution in [0.4, 0.5) is 0 Å². The van der Waals surface area contributed by atoms with Crippen LogP contribution in [0.1, 0.15) is 51.9 Å². The van der Waals surface area contributed by atoms with Gasteiger partial charge in [0.15, 0.2) is 0 Å². The van der Waals surface area contributed by atoms with Crippen LogP contribution in [0.5, 0.6) is 0 Å². The van der Waals surface area contributed by atoms with Gasteiger partial charge in [-0.1, -0.05) is 26.3 Å². The van der Waals surface area contributed by atoms with Crippen molar-refractivity contribution in [1.29, 1.82) is 0 Å². The lowest BCUT2D eigenvalue weighted by Gasteiger charge is -2.22. The van der Waals surface area contributed by atoms with E-state index in [4.69, 9.17) is 4.74 Å². The summed E-state index contributed by atoms with van der Waals surface area (Å²) in [7, 11) is 0. The highest BCUT2D eigenvalue weighted by molar-refractivity contribution is 5.87. The van der Waals surface area contributed by atoms with E-state index in [9.17, 15) is 4.79 Å². The standard InChI is InChI=1S/C12H20O2/c1-3-7-10(2)12(13)14-11-8-5-4-6-9-11/h11H,2-9H2,1H3. The average Bonchev–Trinajstić information content (AvgIpc) is 2.19. The van der Waals surface area contributed by atoms with Gasteiger partial charge in [-0.25, -0.2) is 4.79 Å². The lowest BCUT2D eigenvalue weighted by Crippen LogP contribution is -2.21. The predicted molar refractivity (Wildman–Crippen MR) is 57.0 cm³/mol. The Hall–Kier alpha value is -0.790. The first-order valence-corrected chi connectivity index (χ1v) is 5.62. The van der Waals surface area contributed by atoms with Gasteiger partial charge in [-0.2, -0.15) is 0 Å². The maximum atomic E-state index is 11.5. The second kappa shape index (κ2) is 5.84. The van der Waals surface area contributed by atoms with E-state index in [0.29, 0.717) is 5.57 Å². The summed E-state index contributed by atoms with van der Waals surface area (Å²) in [6.07, 6.45) is 7.60. The van der Waals surface area contributed by atoms with Crippen molar-refractivity contribution < 1.29 is 9.53 Å². The zero-order chi connectivity index (χ0) is 10.4. The molecule has 0 saturated heterocycles. The minimum absolute atomic E-state index is 0.157. The van der Waals surface area contributed by atoms with Crippen LogP contribution in [-0.2, 0) is 9.53 Å². The molecular weight excluding hydrogens is 176 g/mol. The molecule has 0 radical (unpaired) electrons. The van der Waals surface area contributed by atoms with E-state index in [1.54, 1.807) is 0 Å². The van der Waals surface area contributed by atoms with E-state index in [1.165, 1.54) is 19.3 Å². The number of carbonyl (C=O) groups excluding carboxylic acids is 1. The predicted octanol–water partition coefficient (Wildman–Crippen LogP) is 3.22. The molecule has 80 valence electrons. The van der Waals surface area contributed by atoms with E-state index in [-0.39, 0.29) is 12.1 Å². The highest BCUT2D eigenvalue weighted by atomic mass is 16.5. The van der Waals surface area contributed by atoms with Crippen LogP contribution in [0.2, 0.25) is 0 Å². The van der Waals surface area contributed by atoms with Gasteiger partial charge in [-0.05, 0) is 32.1 Å². The van der Waals surface area contributed by atoms with Gasteiger partial charge in [-0.15, -0.1) is 0 Å². The second-order valence-electron chi connectivity index (χ2n) is 4.02. The van der Waals surface area contributed by atoms with Crippen molar-refractivity contribution >= 4 is 5.97 Å². The smallest absolute Gasteiger partial charge is 0.333 e. The second-order valence-corrected chi connectivity index (χ2v) is 4.02. The molecule has 0 aliphatic heterocycles. The van der Waals surface area contributed by atoms with Gasteiger partial charge in [0.1, 0.15) is 6.10 Å². The molecule has 1 fully saturated rings. The van der Waals surface area contributed by atoms with Crippen LogP contribution >= 0.6 is 0 Å². The van der Waals surface area contributed by atoms with Crippen molar-refractivity contribution in [2.75, 3.05) is 0 Å². The molecule has 2 nitrogen and oxygen atoms in total. The third kappa shape index (κ3) is 3.52. The topological polar surface area (TPSA) is 26.3 Å². The summed E-state index contributed by atoms with van der Waals surface area (Å²) in [5.41, 5.74) is 0.623. The summed E-state index contributed by atoms with van der Waals surface area (Å²) in [5, 5.41) is 0. The van der Waals surface area contributed by atoms with Gasteiger partial charge in [-0.3, -0.25) is 0 Å². The van der Waals surface area contributed by atoms with Crippen LogP contribution in [0.15, 0.2) is 12.2 Å². The van der Waals surface area contributed by atoms with E-state index in [0.717, 1.165) is 25.7 Å². The highest BCUT2D eigenvalue weighted by Crippen LogP contribution is 2.21. The van der Waals surface area contributed by atoms with E-state index in [1.807, 2.05) is 6.92 Å². The number of rotatable bonds is 4. The average molecular weight is 196 g/mol. The van der Waals surface area contributed by atoms with E-state index >= 15 is 0 Å². The largest absolute Gasteiger partial charge is 0.459 e.